The number of nitrogens with zero attached hydrogens (tertiary/aromatic N) is 1. The first kappa shape index (κ1) is 7.66. The molecule has 11 heavy (non-hydrogen) atoms. The van der Waals surface area contributed by atoms with Gasteiger partial charge in [-0.05, 0) is 12.8 Å². The minimum Gasteiger partial charge on any atom is -0.281 e. The van der Waals surface area contributed by atoms with Crippen molar-refractivity contribution in [1.29, 1.82) is 0 Å². The van der Waals surface area contributed by atoms with Crippen LogP contribution in [-0.4, -0.2) is 17.3 Å². The third-order valence-corrected chi connectivity index (χ3v) is 3.42. The Kier molecular flexibility index (Phi) is 2.52. The van der Waals surface area contributed by atoms with E-state index in [9.17, 15) is 0 Å². The summed E-state index contributed by atoms with van der Waals surface area (Å²) in [6.45, 7) is 1.06. The lowest BCUT2D eigenvalue weighted by Gasteiger charge is -2.19. The smallest absolute Gasteiger partial charge is 0.0748 e. The van der Waals surface area contributed by atoms with Crippen LogP contribution in [-0.2, 0) is 0 Å². The second-order valence-corrected chi connectivity index (χ2v) is 4.28. The van der Waals surface area contributed by atoms with E-state index >= 15 is 0 Å². The third-order valence-electron chi connectivity index (χ3n) is 2.35. The summed E-state index contributed by atoms with van der Waals surface area (Å²) in [6, 6.07) is 0. The van der Waals surface area contributed by atoms with Crippen molar-refractivity contribution >= 4 is 16.8 Å². The molecule has 0 saturated heterocycles. The molecule has 0 atom stereocenters. The van der Waals surface area contributed by atoms with Gasteiger partial charge in [0.05, 0.1) is 5.04 Å². The van der Waals surface area contributed by atoms with Gasteiger partial charge in [-0.1, -0.05) is 19.3 Å². The van der Waals surface area contributed by atoms with Crippen LogP contribution in [0.15, 0.2) is 4.99 Å². The van der Waals surface area contributed by atoms with Crippen molar-refractivity contribution in [1.82, 2.24) is 0 Å². The Bertz CT molecular complexity index is 159. The van der Waals surface area contributed by atoms with E-state index in [0.29, 0.717) is 0 Å². The Morgan fingerprint density at radius 1 is 1.09 bits per heavy atom. The molecule has 1 saturated carbocycles. The van der Waals surface area contributed by atoms with Crippen LogP contribution in [0.5, 0.6) is 0 Å². The fourth-order valence-electron chi connectivity index (χ4n) is 1.74. The summed E-state index contributed by atoms with van der Waals surface area (Å²) in [5, 5.41) is 1.39. The molecule has 1 radical (unpaired) electrons. The molecule has 0 unspecified atom stereocenters. The largest absolute Gasteiger partial charge is 0.281 e. The van der Waals surface area contributed by atoms with Gasteiger partial charge in [-0.3, -0.25) is 4.99 Å². The lowest BCUT2D eigenvalue weighted by atomic mass is 9.90. The van der Waals surface area contributed by atoms with Crippen molar-refractivity contribution in [2.24, 2.45) is 4.99 Å². The predicted molar refractivity (Wildman–Crippen MR) is 51.1 cm³/mol. The summed E-state index contributed by atoms with van der Waals surface area (Å²) in [7, 11) is 0. The van der Waals surface area contributed by atoms with E-state index in [1.807, 2.05) is 11.8 Å². The molecule has 0 aromatic rings. The van der Waals surface area contributed by atoms with Crippen LogP contribution in [0.1, 0.15) is 32.1 Å². The van der Waals surface area contributed by atoms with E-state index in [2.05, 4.69) is 4.99 Å². The van der Waals surface area contributed by atoms with Crippen LogP contribution in [0, 0.1) is 5.92 Å². The molecule has 61 valence electrons. The Morgan fingerprint density at radius 2 is 1.91 bits per heavy atom. The van der Waals surface area contributed by atoms with E-state index < -0.39 is 0 Å². The molecule has 2 rings (SSSR count). The maximum atomic E-state index is 4.50. The van der Waals surface area contributed by atoms with Gasteiger partial charge in [0.2, 0.25) is 0 Å². The summed E-state index contributed by atoms with van der Waals surface area (Å²) < 4.78 is 0. The zero-order chi connectivity index (χ0) is 7.52. The van der Waals surface area contributed by atoms with Crippen LogP contribution in [0.25, 0.3) is 0 Å². The maximum absolute atomic E-state index is 4.50. The molecule has 1 fully saturated rings. The molecule has 1 aliphatic heterocycles. The molecule has 0 aromatic heterocycles. The molecule has 0 bridgehead atoms. The highest BCUT2D eigenvalue weighted by Gasteiger charge is 2.21. The monoisotopic (exact) mass is 168 g/mol. The predicted octanol–water partition coefficient (Wildman–Crippen LogP) is 2.67. The van der Waals surface area contributed by atoms with Gasteiger partial charge in [-0.2, -0.15) is 0 Å². The average molecular weight is 168 g/mol. The standard InChI is InChI=1S/C9H14NS/c1-2-4-8(5-3-1)9-10-6-7-11-9/h1-7H2. The van der Waals surface area contributed by atoms with E-state index in [-0.39, 0.29) is 0 Å². The summed E-state index contributed by atoms with van der Waals surface area (Å²) in [4.78, 5) is 4.50. The summed E-state index contributed by atoms with van der Waals surface area (Å²) in [5.74, 6) is 2.87. The van der Waals surface area contributed by atoms with Crippen molar-refractivity contribution in [3.05, 3.63) is 5.92 Å². The van der Waals surface area contributed by atoms with Crippen molar-refractivity contribution < 1.29 is 0 Å². The van der Waals surface area contributed by atoms with Gasteiger partial charge in [0, 0.05) is 18.2 Å². The molecule has 0 amide bonds. The zero-order valence-corrected chi connectivity index (χ0v) is 7.62. The van der Waals surface area contributed by atoms with Gasteiger partial charge in [-0.15, -0.1) is 11.8 Å². The summed E-state index contributed by atoms with van der Waals surface area (Å²) in [6.07, 6.45) is 6.88. The SMILES string of the molecule is C1CC[C](C2=NCCS2)CC1. The fraction of sp³-hybridized carbons (Fsp3) is 0.778. The van der Waals surface area contributed by atoms with Gasteiger partial charge in [0.25, 0.3) is 0 Å². The molecule has 1 nitrogen and oxygen atoms in total. The molecular formula is C9H14NS. The second-order valence-electron chi connectivity index (χ2n) is 3.20. The lowest BCUT2D eigenvalue weighted by Crippen LogP contribution is -2.10. The topological polar surface area (TPSA) is 12.4 Å². The molecule has 1 aliphatic carbocycles. The molecule has 0 spiro atoms. The number of hydrogen-bond donors (Lipinski definition) is 0. The van der Waals surface area contributed by atoms with E-state index in [1.165, 1.54) is 42.9 Å². The molecule has 2 aliphatic rings. The Balaban J connectivity index is 1.92. The van der Waals surface area contributed by atoms with Crippen molar-refractivity contribution in [2.45, 2.75) is 32.1 Å². The molecule has 1 heterocycles. The average Bonchev–Trinajstić information content (AvgIpc) is 2.58. The lowest BCUT2D eigenvalue weighted by molar-refractivity contribution is 0.569. The van der Waals surface area contributed by atoms with Crippen LogP contribution in [0.2, 0.25) is 0 Å². The first-order valence-corrected chi connectivity index (χ1v) is 5.48. The van der Waals surface area contributed by atoms with Crippen LogP contribution < -0.4 is 0 Å². The van der Waals surface area contributed by atoms with Gasteiger partial charge in [-0.25, -0.2) is 0 Å². The first-order chi connectivity index (χ1) is 5.47. The summed E-state index contributed by atoms with van der Waals surface area (Å²) >= 11 is 1.96. The van der Waals surface area contributed by atoms with Gasteiger partial charge in [0.1, 0.15) is 0 Å². The van der Waals surface area contributed by atoms with Crippen LogP contribution in [0.3, 0.4) is 0 Å². The second kappa shape index (κ2) is 3.61. The normalized spacial score (nSPS) is 27.1. The van der Waals surface area contributed by atoms with Crippen molar-refractivity contribution in [2.75, 3.05) is 12.3 Å². The highest BCUT2D eigenvalue weighted by Crippen LogP contribution is 2.32. The minimum atomic E-state index is 1.06. The Hall–Kier alpha value is 0.0200. The van der Waals surface area contributed by atoms with Crippen molar-refractivity contribution in [3.63, 3.8) is 0 Å². The maximum Gasteiger partial charge on any atom is 0.0748 e. The van der Waals surface area contributed by atoms with Crippen molar-refractivity contribution in [3.8, 4) is 0 Å². The van der Waals surface area contributed by atoms with Crippen LogP contribution >= 0.6 is 11.8 Å². The number of rotatable bonds is 1. The fourth-order valence-corrected chi connectivity index (χ4v) is 2.71. The van der Waals surface area contributed by atoms with Crippen LogP contribution in [0.4, 0.5) is 0 Å². The van der Waals surface area contributed by atoms with E-state index in [0.717, 1.165) is 6.54 Å². The first-order valence-electron chi connectivity index (χ1n) is 4.49. The zero-order valence-electron chi connectivity index (χ0n) is 6.81. The molecule has 0 N–H and O–H groups in total. The van der Waals surface area contributed by atoms with Gasteiger partial charge >= 0.3 is 0 Å². The molecule has 2 heteroatoms. The number of hydrogen-bond acceptors (Lipinski definition) is 2. The van der Waals surface area contributed by atoms with E-state index in [4.69, 9.17) is 0 Å². The minimum absolute atomic E-state index is 1.06. The summed E-state index contributed by atoms with van der Waals surface area (Å²) in [5.41, 5.74) is 0. The third kappa shape index (κ3) is 1.78. The molecule has 0 aromatic carbocycles. The van der Waals surface area contributed by atoms with Gasteiger partial charge < -0.3 is 0 Å². The Morgan fingerprint density at radius 3 is 2.55 bits per heavy atom. The molecular weight excluding hydrogens is 154 g/mol. The van der Waals surface area contributed by atoms with E-state index in [1.54, 1.807) is 5.92 Å². The highest BCUT2D eigenvalue weighted by atomic mass is 32.2. The Labute approximate surface area is 72.7 Å². The number of thioether (sulfide) groups is 1. The number of aliphatic imine (C=N–C) groups is 1. The highest BCUT2D eigenvalue weighted by molar-refractivity contribution is 8.14. The van der Waals surface area contributed by atoms with Gasteiger partial charge in [0.15, 0.2) is 0 Å². The quantitative estimate of drug-likeness (QED) is 0.586.